The third-order valence-corrected chi connectivity index (χ3v) is 1.000. The van der Waals surface area contributed by atoms with Crippen molar-refractivity contribution >= 4 is 22.6 Å². The van der Waals surface area contributed by atoms with Gasteiger partial charge in [0.2, 0.25) is 0 Å². The molecule has 0 aliphatic carbocycles. The van der Waals surface area contributed by atoms with Crippen molar-refractivity contribution in [3.8, 4) is 0 Å². The Morgan fingerprint density at radius 3 is 2.33 bits per heavy atom. The maximum atomic E-state index is 2.32. The van der Waals surface area contributed by atoms with Crippen molar-refractivity contribution in [3.05, 3.63) is 12.2 Å². The van der Waals surface area contributed by atoms with Crippen LogP contribution in [0.4, 0.5) is 0 Å². The highest BCUT2D eigenvalue weighted by molar-refractivity contribution is 14.1. The first-order valence-electron chi connectivity index (χ1n) is 2.12. The molecule has 36 valence electrons. The lowest BCUT2D eigenvalue weighted by Gasteiger charge is -1.71. The maximum Gasteiger partial charge on any atom is 0.0175 e. The Morgan fingerprint density at radius 2 is 2.17 bits per heavy atom. The van der Waals surface area contributed by atoms with E-state index in [2.05, 4.69) is 41.7 Å². The Labute approximate surface area is 52.8 Å². The molecule has 0 aliphatic rings. The number of hydrogen-bond acceptors (Lipinski definition) is 0. The van der Waals surface area contributed by atoms with Crippen LogP contribution in [0.3, 0.4) is 0 Å². The van der Waals surface area contributed by atoms with Crippen molar-refractivity contribution in [1.29, 1.82) is 0 Å². The third kappa shape index (κ3) is 4.47. The quantitative estimate of drug-likeness (QED) is 0.361. The summed E-state index contributed by atoms with van der Waals surface area (Å²) in [7, 11) is 0. The molecule has 0 N–H and O–H groups in total. The highest BCUT2D eigenvalue weighted by atomic mass is 127. The second kappa shape index (κ2) is 5.47. The molecule has 0 fully saturated rings. The Balaban J connectivity index is 2.73. The largest absolute Gasteiger partial charge is 0.0880 e. The molecule has 0 aromatic carbocycles. The molecule has 0 atom stereocenters. The molecule has 0 radical (unpaired) electrons. The minimum Gasteiger partial charge on any atom is -0.0880 e. The standard InChI is InChI=1S/C5H9I/c1-2-3-4-5-6/h3-4H,2,5H2,1H3. The molecule has 0 saturated carbocycles. The summed E-state index contributed by atoms with van der Waals surface area (Å²) >= 11 is 2.32. The lowest BCUT2D eigenvalue weighted by molar-refractivity contribution is 1.22. The third-order valence-electron chi connectivity index (χ3n) is 0.491. The average Bonchev–Trinajstić information content (AvgIpc) is 1.61. The van der Waals surface area contributed by atoms with Crippen LogP contribution in [0, 0.1) is 0 Å². The first kappa shape index (κ1) is 6.47. The smallest absolute Gasteiger partial charge is 0.0175 e. The van der Waals surface area contributed by atoms with E-state index >= 15 is 0 Å². The van der Waals surface area contributed by atoms with Gasteiger partial charge in [0, 0.05) is 4.43 Å². The monoisotopic (exact) mass is 196 g/mol. The molecule has 0 aromatic rings. The second-order valence-corrected chi connectivity index (χ2v) is 1.91. The van der Waals surface area contributed by atoms with Crippen molar-refractivity contribution in [2.24, 2.45) is 0 Å². The van der Waals surface area contributed by atoms with Crippen molar-refractivity contribution in [1.82, 2.24) is 0 Å². The van der Waals surface area contributed by atoms with Crippen molar-refractivity contribution in [2.75, 3.05) is 4.43 Å². The second-order valence-electron chi connectivity index (χ2n) is 1.03. The van der Waals surface area contributed by atoms with E-state index < -0.39 is 0 Å². The van der Waals surface area contributed by atoms with Crippen LogP contribution >= 0.6 is 22.6 Å². The molecule has 0 unspecified atom stereocenters. The molecule has 6 heavy (non-hydrogen) atoms. The summed E-state index contributed by atoms with van der Waals surface area (Å²) in [6, 6.07) is 0. The van der Waals surface area contributed by atoms with Crippen LogP contribution in [0.5, 0.6) is 0 Å². The zero-order chi connectivity index (χ0) is 4.83. The fourth-order valence-electron chi connectivity index (χ4n) is 0.230. The van der Waals surface area contributed by atoms with Crippen molar-refractivity contribution < 1.29 is 0 Å². The summed E-state index contributed by atoms with van der Waals surface area (Å²) in [4.78, 5) is 0. The van der Waals surface area contributed by atoms with E-state index in [0.29, 0.717) is 0 Å². The Morgan fingerprint density at radius 1 is 1.50 bits per heavy atom. The minimum atomic E-state index is 1.14. The van der Waals surface area contributed by atoms with Gasteiger partial charge < -0.3 is 0 Å². The molecule has 0 spiro atoms. The van der Waals surface area contributed by atoms with Gasteiger partial charge in [-0.1, -0.05) is 41.7 Å². The number of halogens is 1. The number of rotatable bonds is 2. The van der Waals surface area contributed by atoms with Gasteiger partial charge in [0.05, 0.1) is 0 Å². The minimum absolute atomic E-state index is 1.14. The first-order chi connectivity index (χ1) is 2.91. The molecule has 0 rings (SSSR count). The summed E-state index contributed by atoms with van der Waals surface area (Å²) in [5, 5.41) is 0. The molecule has 0 amide bonds. The van der Waals surface area contributed by atoms with Crippen molar-refractivity contribution in [3.63, 3.8) is 0 Å². The normalized spacial score (nSPS) is 10.3. The van der Waals surface area contributed by atoms with Crippen molar-refractivity contribution in [2.45, 2.75) is 13.3 Å². The van der Waals surface area contributed by atoms with Gasteiger partial charge in [-0.05, 0) is 6.42 Å². The fraction of sp³-hybridized carbons (Fsp3) is 0.600. The van der Waals surface area contributed by atoms with Gasteiger partial charge in [-0.2, -0.15) is 0 Å². The molecule has 0 bridgehead atoms. The fourth-order valence-corrected chi connectivity index (χ4v) is 0.589. The summed E-state index contributed by atoms with van der Waals surface area (Å²) < 4.78 is 1.14. The topological polar surface area (TPSA) is 0 Å². The van der Waals surface area contributed by atoms with Gasteiger partial charge in [0.15, 0.2) is 0 Å². The van der Waals surface area contributed by atoms with Gasteiger partial charge in [-0.3, -0.25) is 0 Å². The van der Waals surface area contributed by atoms with Crippen LogP contribution in [0.15, 0.2) is 12.2 Å². The lowest BCUT2D eigenvalue weighted by Crippen LogP contribution is -1.55. The summed E-state index contributed by atoms with van der Waals surface area (Å²) in [6.45, 7) is 2.14. The number of allylic oxidation sites excluding steroid dienone is 2. The van der Waals surface area contributed by atoms with Gasteiger partial charge in [0.25, 0.3) is 0 Å². The van der Waals surface area contributed by atoms with Crippen LogP contribution in [-0.2, 0) is 0 Å². The van der Waals surface area contributed by atoms with E-state index in [0.717, 1.165) is 4.43 Å². The van der Waals surface area contributed by atoms with Gasteiger partial charge in [0.1, 0.15) is 0 Å². The van der Waals surface area contributed by atoms with E-state index in [1.165, 1.54) is 6.42 Å². The summed E-state index contributed by atoms with van der Waals surface area (Å²) in [6.07, 6.45) is 5.51. The molecule has 0 aromatic heterocycles. The van der Waals surface area contributed by atoms with E-state index in [1.54, 1.807) is 0 Å². The lowest BCUT2D eigenvalue weighted by atomic mass is 10.4. The van der Waals surface area contributed by atoms with E-state index in [9.17, 15) is 0 Å². The zero-order valence-corrected chi connectivity index (χ0v) is 6.10. The average molecular weight is 196 g/mol. The first-order valence-corrected chi connectivity index (χ1v) is 3.65. The highest BCUT2D eigenvalue weighted by Gasteiger charge is 1.61. The van der Waals surface area contributed by atoms with Gasteiger partial charge >= 0.3 is 0 Å². The van der Waals surface area contributed by atoms with E-state index in [4.69, 9.17) is 0 Å². The van der Waals surface area contributed by atoms with Crippen LogP contribution in [0.25, 0.3) is 0 Å². The molecular formula is C5H9I. The van der Waals surface area contributed by atoms with E-state index in [-0.39, 0.29) is 0 Å². The Kier molecular flexibility index (Phi) is 5.90. The molecular weight excluding hydrogens is 187 g/mol. The number of alkyl halides is 1. The van der Waals surface area contributed by atoms with Gasteiger partial charge in [-0.25, -0.2) is 0 Å². The predicted molar refractivity (Wildman–Crippen MR) is 38.3 cm³/mol. The van der Waals surface area contributed by atoms with Crippen LogP contribution in [0.2, 0.25) is 0 Å². The Hall–Kier alpha value is 0.470. The maximum absolute atomic E-state index is 2.32. The SMILES string of the molecule is CCC=CCI. The molecule has 0 heterocycles. The summed E-state index contributed by atoms with van der Waals surface area (Å²) in [5.74, 6) is 0. The molecule has 0 saturated heterocycles. The van der Waals surface area contributed by atoms with E-state index in [1.807, 2.05) is 0 Å². The zero-order valence-electron chi connectivity index (χ0n) is 3.95. The summed E-state index contributed by atoms with van der Waals surface area (Å²) in [5.41, 5.74) is 0. The van der Waals surface area contributed by atoms with Crippen LogP contribution in [0.1, 0.15) is 13.3 Å². The Bertz CT molecular complexity index is 33.2. The molecule has 0 nitrogen and oxygen atoms in total. The highest BCUT2D eigenvalue weighted by Crippen LogP contribution is 1.83. The van der Waals surface area contributed by atoms with Crippen LogP contribution in [-0.4, -0.2) is 4.43 Å². The predicted octanol–water partition coefficient (Wildman–Crippen LogP) is 2.39. The van der Waals surface area contributed by atoms with Crippen LogP contribution < -0.4 is 0 Å². The molecule has 1 heteroatoms. The van der Waals surface area contributed by atoms with Gasteiger partial charge in [-0.15, -0.1) is 0 Å². The number of hydrogen-bond donors (Lipinski definition) is 0. The molecule has 0 aliphatic heterocycles.